The number of methoxy groups -OCH3 is 1. The Morgan fingerprint density at radius 1 is 1.50 bits per heavy atom. The van der Waals surface area contributed by atoms with Gasteiger partial charge in [0.15, 0.2) is 0 Å². The number of aromatic nitrogens is 2. The lowest BCUT2D eigenvalue weighted by Gasteiger charge is -2.16. The molecule has 1 unspecified atom stereocenters. The second kappa shape index (κ2) is 6.24. The van der Waals surface area contributed by atoms with Gasteiger partial charge in [0.2, 0.25) is 5.95 Å². The van der Waals surface area contributed by atoms with Crippen LogP contribution in [0.5, 0.6) is 0 Å². The first-order chi connectivity index (χ1) is 9.51. The van der Waals surface area contributed by atoms with Crippen molar-refractivity contribution in [1.82, 2.24) is 9.55 Å². The van der Waals surface area contributed by atoms with Crippen LogP contribution < -0.4 is 5.32 Å². The van der Waals surface area contributed by atoms with Crippen molar-refractivity contribution in [2.75, 3.05) is 19.0 Å². The Morgan fingerprint density at radius 3 is 2.95 bits per heavy atom. The number of ether oxygens (including phenoxy) is 1. The lowest BCUT2D eigenvalue weighted by molar-refractivity contribution is 0.163. The number of hydrogen-bond donors (Lipinski definition) is 1. The monoisotopic (exact) mass is 297 g/mol. The maximum Gasteiger partial charge on any atom is 0.207 e. The fourth-order valence-electron chi connectivity index (χ4n) is 1.98. The minimum atomic E-state index is -0.350. The first kappa shape index (κ1) is 14.8. The van der Waals surface area contributed by atoms with Crippen LogP contribution in [0.25, 0.3) is 0 Å². The van der Waals surface area contributed by atoms with E-state index >= 15 is 0 Å². The average molecular weight is 298 g/mol. The molecule has 1 N–H and O–H groups in total. The van der Waals surface area contributed by atoms with E-state index in [1.165, 1.54) is 18.2 Å². The van der Waals surface area contributed by atoms with Gasteiger partial charge in [0.1, 0.15) is 5.82 Å². The van der Waals surface area contributed by atoms with Crippen molar-refractivity contribution < 1.29 is 9.13 Å². The summed E-state index contributed by atoms with van der Waals surface area (Å²) in [5.41, 5.74) is 1.35. The predicted octanol–water partition coefficient (Wildman–Crippen LogP) is 3.94. The molecule has 4 nitrogen and oxygen atoms in total. The van der Waals surface area contributed by atoms with Gasteiger partial charge in [0.05, 0.1) is 29.1 Å². The Kier molecular flexibility index (Phi) is 4.62. The van der Waals surface area contributed by atoms with Crippen LogP contribution in [0.2, 0.25) is 5.02 Å². The maximum absolute atomic E-state index is 13.3. The van der Waals surface area contributed by atoms with Crippen molar-refractivity contribution in [3.8, 4) is 0 Å². The number of anilines is 2. The van der Waals surface area contributed by atoms with Crippen LogP contribution in [0.3, 0.4) is 0 Å². The second-order valence-corrected chi connectivity index (χ2v) is 5.07. The minimum absolute atomic E-state index is 0.107. The topological polar surface area (TPSA) is 39.1 Å². The first-order valence-electron chi connectivity index (χ1n) is 6.27. The summed E-state index contributed by atoms with van der Waals surface area (Å²) in [6, 6.07) is 4.28. The van der Waals surface area contributed by atoms with E-state index in [2.05, 4.69) is 10.3 Å². The van der Waals surface area contributed by atoms with Crippen LogP contribution in [0.15, 0.2) is 24.4 Å². The fourth-order valence-corrected chi connectivity index (χ4v) is 2.14. The summed E-state index contributed by atoms with van der Waals surface area (Å²) in [5.74, 6) is 0.260. The summed E-state index contributed by atoms with van der Waals surface area (Å²) in [4.78, 5) is 4.40. The van der Waals surface area contributed by atoms with E-state index in [1.54, 1.807) is 7.11 Å². The van der Waals surface area contributed by atoms with Gasteiger partial charge in [-0.05, 0) is 32.0 Å². The number of benzene rings is 1. The van der Waals surface area contributed by atoms with Crippen molar-refractivity contribution in [3.05, 3.63) is 40.9 Å². The van der Waals surface area contributed by atoms with Crippen LogP contribution in [-0.4, -0.2) is 23.3 Å². The van der Waals surface area contributed by atoms with Gasteiger partial charge in [-0.2, -0.15) is 0 Å². The third kappa shape index (κ3) is 3.29. The molecule has 0 saturated heterocycles. The molecule has 1 heterocycles. The molecule has 20 heavy (non-hydrogen) atoms. The lowest BCUT2D eigenvalue weighted by atomic mass is 10.3. The molecule has 1 aromatic carbocycles. The smallest absolute Gasteiger partial charge is 0.207 e. The van der Waals surface area contributed by atoms with Gasteiger partial charge in [0.25, 0.3) is 0 Å². The zero-order valence-electron chi connectivity index (χ0n) is 11.7. The molecule has 2 aromatic rings. The predicted molar refractivity (Wildman–Crippen MR) is 78.2 cm³/mol. The molecule has 108 valence electrons. The molecule has 1 atom stereocenters. The van der Waals surface area contributed by atoms with Crippen LogP contribution >= 0.6 is 11.6 Å². The van der Waals surface area contributed by atoms with Gasteiger partial charge in [-0.15, -0.1) is 0 Å². The number of aryl methyl sites for hydroxylation is 1. The molecule has 0 fully saturated rings. The lowest BCUT2D eigenvalue weighted by Crippen LogP contribution is -2.13. The maximum atomic E-state index is 13.3. The zero-order chi connectivity index (χ0) is 14.7. The van der Waals surface area contributed by atoms with Crippen molar-refractivity contribution in [3.63, 3.8) is 0 Å². The summed E-state index contributed by atoms with van der Waals surface area (Å²) in [5, 5.41) is 3.51. The van der Waals surface area contributed by atoms with E-state index in [1.807, 2.05) is 24.6 Å². The number of halogens is 2. The van der Waals surface area contributed by atoms with E-state index in [4.69, 9.17) is 16.3 Å². The Hall–Kier alpha value is -1.59. The number of nitrogens with zero attached hydrogens (tertiary/aromatic N) is 2. The van der Waals surface area contributed by atoms with Gasteiger partial charge in [-0.3, -0.25) is 0 Å². The molecule has 0 aliphatic heterocycles. The molecular formula is C14H17ClFN3O. The van der Waals surface area contributed by atoms with E-state index in [9.17, 15) is 4.39 Å². The Bertz CT molecular complexity index is 600. The summed E-state index contributed by atoms with van der Waals surface area (Å²) >= 11 is 6.06. The minimum Gasteiger partial charge on any atom is -0.383 e. The van der Waals surface area contributed by atoms with Gasteiger partial charge in [-0.1, -0.05) is 11.6 Å². The molecule has 1 aromatic heterocycles. The third-order valence-electron chi connectivity index (χ3n) is 2.91. The first-order valence-corrected chi connectivity index (χ1v) is 6.65. The standard InChI is InChI=1S/C14H17ClFN3O/c1-9-7-19(10(2)8-20-3)14(17-9)18-13-6-11(16)4-5-12(13)15/h4-7,10H,8H2,1-3H3,(H,17,18). The van der Waals surface area contributed by atoms with Crippen molar-refractivity contribution in [2.45, 2.75) is 19.9 Å². The molecular weight excluding hydrogens is 281 g/mol. The summed E-state index contributed by atoms with van der Waals surface area (Å²) < 4.78 is 20.4. The SMILES string of the molecule is COCC(C)n1cc(C)nc1Nc1cc(F)ccc1Cl. The van der Waals surface area contributed by atoms with Crippen molar-refractivity contribution >= 4 is 23.2 Å². The number of rotatable bonds is 5. The van der Waals surface area contributed by atoms with Gasteiger partial charge in [-0.25, -0.2) is 9.37 Å². The number of hydrogen-bond acceptors (Lipinski definition) is 3. The van der Waals surface area contributed by atoms with E-state index in [0.29, 0.717) is 23.3 Å². The molecule has 2 rings (SSSR count). The van der Waals surface area contributed by atoms with Gasteiger partial charge in [0, 0.05) is 13.3 Å². The van der Waals surface area contributed by atoms with Gasteiger partial charge >= 0.3 is 0 Å². The van der Waals surface area contributed by atoms with Crippen LogP contribution in [0.4, 0.5) is 16.0 Å². The highest BCUT2D eigenvalue weighted by atomic mass is 35.5. The third-order valence-corrected chi connectivity index (χ3v) is 3.24. The largest absolute Gasteiger partial charge is 0.383 e. The van der Waals surface area contributed by atoms with Crippen LogP contribution in [0, 0.1) is 12.7 Å². The second-order valence-electron chi connectivity index (χ2n) is 4.67. The van der Waals surface area contributed by atoms with E-state index in [0.717, 1.165) is 5.69 Å². The Balaban J connectivity index is 2.31. The molecule has 0 bridgehead atoms. The summed E-state index contributed by atoms with van der Waals surface area (Å²) in [6.07, 6.45) is 1.92. The molecule has 0 spiro atoms. The average Bonchev–Trinajstić information content (AvgIpc) is 2.75. The van der Waals surface area contributed by atoms with E-state index < -0.39 is 0 Å². The van der Waals surface area contributed by atoms with Crippen molar-refractivity contribution in [2.24, 2.45) is 0 Å². The quantitative estimate of drug-likeness (QED) is 0.908. The molecule has 0 radical (unpaired) electrons. The van der Waals surface area contributed by atoms with E-state index in [-0.39, 0.29) is 11.9 Å². The Labute approximate surface area is 122 Å². The highest BCUT2D eigenvalue weighted by Gasteiger charge is 2.13. The fraction of sp³-hybridized carbons (Fsp3) is 0.357. The molecule has 6 heteroatoms. The van der Waals surface area contributed by atoms with Crippen molar-refractivity contribution in [1.29, 1.82) is 0 Å². The number of imidazole rings is 1. The van der Waals surface area contributed by atoms with Crippen LogP contribution in [-0.2, 0) is 4.74 Å². The zero-order valence-corrected chi connectivity index (χ0v) is 12.4. The highest BCUT2D eigenvalue weighted by molar-refractivity contribution is 6.33. The molecule has 0 aliphatic rings. The molecule has 0 amide bonds. The summed E-state index contributed by atoms with van der Waals surface area (Å²) in [6.45, 7) is 4.47. The number of nitrogens with one attached hydrogen (secondary N) is 1. The summed E-state index contributed by atoms with van der Waals surface area (Å²) in [7, 11) is 1.65. The Morgan fingerprint density at radius 2 is 2.25 bits per heavy atom. The normalized spacial score (nSPS) is 12.4. The highest BCUT2D eigenvalue weighted by Crippen LogP contribution is 2.27. The van der Waals surface area contributed by atoms with Gasteiger partial charge < -0.3 is 14.6 Å². The molecule has 0 saturated carbocycles. The molecule has 0 aliphatic carbocycles. The van der Waals surface area contributed by atoms with Crippen LogP contribution in [0.1, 0.15) is 18.7 Å².